The molecule has 19 heavy (non-hydrogen) atoms. The Morgan fingerprint density at radius 3 is 2.95 bits per heavy atom. The van der Waals surface area contributed by atoms with Crippen molar-refractivity contribution < 1.29 is 4.79 Å². The van der Waals surface area contributed by atoms with Gasteiger partial charge in [0.25, 0.3) is 5.91 Å². The van der Waals surface area contributed by atoms with Gasteiger partial charge in [-0.3, -0.25) is 9.89 Å². The van der Waals surface area contributed by atoms with E-state index in [2.05, 4.69) is 10.2 Å². The van der Waals surface area contributed by atoms with Crippen molar-refractivity contribution >= 4 is 16.8 Å². The molecule has 1 fully saturated rings. The molecule has 5 nitrogen and oxygen atoms in total. The van der Waals surface area contributed by atoms with E-state index < -0.39 is 0 Å². The highest BCUT2D eigenvalue weighted by Crippen LogP contribution is 2.19. The van der Waals surface area contributed by atoms with Crippen LogP contribution in [0.25, 0.3) is 10.9 Å². The number of nitrogens with two attached hydrogens (primary N) is 1. The zero-order valence-electron chi connectivity index (χ0n) is 10.8. The normalized spacial score (nSPS) is 17.0. The van der Waals surface area contributed by atoms with Crippen LogP contribution in [0.3, 0.4) is 0 Å². The lowest BCUT2D eigenvalue weighted by Gasteiger charge is -2.31. The van der Waals surface area contributed by atoms with Gasteiger partial charge in [-0.05, 0) is 43.5 Å². The van der Waals surface area contributed by atoms with Crippen LogP contribution in [0.1, 0.15) is 23.2 Å². The molecule has 1 aromatic heterocycles. The lowest BCUT2D eigenvalue weighted by atomic mass is 9.96. The number of amides is 1. The fourth-order valence-electron chi connectivity index (χ4n) is 2.63. The van der Waals surface area contributed by atoms with Crippen molar-refractivity contribution in [3.8, 4) is 0 Å². The Labute approximate surface area is 111 Å². The Morgan fingerprint density at radius 1 is 1.42 bits per heavy atom. The molecule has 0 aliphatic carbocycles. The summed E-state index contributed by atoms with van der Waals surface area (Å²) >= 11 is 0. The highest BCUT2D eigenvalue weighted by Gasteiger charge is 2.22. The van der Waals surface area contributed by atoms with Gasteiger partial charge in [-0.1, -0.05) is 0 Å². The number of nitrogens with zero attached hydrogens (tertiary/aromatic N) is 2. The maximum Gasteiger partial charge on any atom is 0.253 e. The van der Waals surface area contributed by atoms with Gasteiger partial charge < -0.3 is 10.6 Å². The van der Waals surface area contributed by atoms with E-state index in [0.717, 1.165) is 48.9 Å². The fraction of sp³-hybridized carbons (Fsp3) is 0.429. The van der Waals surface area contributed by atoms with Crippen LogP contribution < -0.4 is 5.73 Å². The van der Waals surface area contributed by atoms with Crippen LogP contribution in [0.4, 0.5) is 0 Å². The second-order valence-electron chi connectivity index (χ2n) is 5.14. The van der Waals surface area contributed by atoms with Gasteiger partial charge in [0.15, 0.2) is 0 Å². The minimum atomic E-state index is 0.110. The molecule has 0 spiro atoms. The van der Waals surface area contributed by atoms with Gasteiger partial charge in [-0.25, -0.2) is 0 Å². The van der Waals surface area contributed by atoms with Gasteiger partial charge in [0.1, 0.15) is 0 Å². The zero-order chi connectivity index (χ0) is 13.2. The highest BCUT2D eigenvalue weighted by atomic mass is 16.2. The van der Waals surface area contributed by atoms with Gasteiger partial charge in [-0.15, -0.1) is 0 Å². The number of carbonyl (C=O) groups is 1. The number of fused-ring (bicyclic) bond motifs is 1. The van der Waals surface area contributed by atoms with Crippen LogP contribution in [0.5, 0.6) is 0 Å². The second kappa shape index (κ2) is 5.01. The number of aromatic amines is 1. The van der Waals surface area contributed by atoms with Gasteiger partial charge in [0, 0.05) is 24.0 Å². The van der Waals surface area contributed by atoms with E-state index in [1.54, 1.807) is 6.20 Å². The summed E-state index contributed by atoms with van der Waals surface area (Å²) in [4.78, 5) is 14.3. The molecule has 1 aromatic carbocycles. The molecule has 0 unspecified atom stereocenters. The SMILES string of the molecule is NCC1CCN(C(=O)c2ccc3[nH]ncc3c2)CC1. The number of aromatic nitrogens is 2. The van der Waals surface area contributed by atoms with E-state index in [4.69, 9.17) is 5.73 Å². The first kappa shape index (κ1) is 12.2. The number of H-pyrrole nitrogens is 1. The average molecular weight is 258 g/mol. The Morgan fingerprint density at radius 2 is 2.21 bits per heavy atom. The van der Waals surface area contributed by atoms with Gasteiger partial charge in [0.2, 0.25) is 0 Å². The van der Waals surface area contributed by atoms with E-state index in [1.165, 1.54) is 0 Å². The fourth-order valence-corrected chi connectivity index (χ4v) is 2.63. The first-order valence-electron chi connectivity index (χ1n) is 6.70. The molecule has 0 radical (unpaired) electrons. The van der Waals surface area contributed by atoms with Crippen molar-refractivity contribution in [3.05, 3.63) is 30.0 Å². The third-order valence-corrected chi connectivity index (χ3v) is 3.92. The van der Waals surface area contributed by atoms with Crippen LogP contribution in [0, 0.1) is 5.92 Å². The monoisotopic (exact) mass is 258 g/mol. The van der Waals surface area contributed by atoms with Crippen LogP contribution in [0.2, 0.25) is 0 Å². The van der Waals surface area contributed by atoms with Gasteiger partial charge in [0.05, 0.1) is 11.7 Å². The lowest BCUT2D eigenvalue weighted by molar-refractivity contribution is 0.0693. The van der Waals surface area contributed by atoms with Crippen LogP contribution in [0.15, 0.2) is 24.4 Å². The smallest absolute Gasteiger partial charge is 0.253 e. The van der Waals surface area contributed by atoms with E-state index in [9.17, 15) is 4.79 Å². The number of nitrogens with one attached hydrogen (secondary N) is 1. The number of hydrogen-bond donors (Lipinski definition) is 2. The number of piperidine rings is 1. The van der Waals surface area contributed by atoms with Crippen LogP contribution in [-0.2, 0) is 0 Å². The molecule has 5 heteroatoms. The molecule has 2 heterocycles. The van der Waals surface area contributed by atoms with E-state index in [-0.39, 0.29) is 5.91 Å². The number of rotatable bonds is 2. The maximum atomic E-state index is 12.4. The predicted octanol–water partition coefficient (Wildman–Crippen LogP) is 1.37. The number of carbonyl (C=O) groups excluding carboxylic acids is 1. The van der Waals surface area contributed by atoms with E-state index >= 15 is 0 Å². The van der Waals surface area contributed by atoms with Gasteiger partial charge >= 0.3 is 0 Å². The average Bonchev–Trinajstić information content (AvgIpc) is 2.94. The minimum absolute atomic E-state index is 0.110. The van der Waals surface area contributed by atoms with Crippen molar-refractivity contribution in [2.75, 3.05) is 19.6 Å². The molecule has 3 N–H and O–H groups in total. The summed E-state index contributed by atoms with van der Waals surface area (Å²) in [6.45, 7) is 2.34. The first-order valence-corrected chi connectivity index (χ1v) is 6.70. The molecule has 3 rings (SSSR count). The van der Waals surface area contributed by atoms with Crippen LogP contribution >= 0.6 is 0 Å². The number of benzene rings is 1. The summed E-state index contributed by atoms with van der Waals surface area (Å²) in [7, 11) is 0. The zero-order valence-corrected chi connectivity index (χ0v) is 10.8. The van der Waals surface area contributed by atoms with Crippen molar-refractivity contribution in [2.45, 2.75) is 12.8 Å². The molecule has 0 saturated carbocycles. The third-order valence-electron chi connectivity index (χ3n) is 3.92. The summed E-state index contributed by atoms with van der Waals surface area (Å²) < 4.78 is 0. The molecule has 0 atom stereocenters. The molecule has 1 saturated heterocycles. The lowest BCUT2D eigenvalue weighted by Crippen LogP contribution is -2.40. The molecule has 1 amide bonds. The standard InChI is InChI=1S/C14H18N4O/c15-8-10-3-5-18(6-4-10)14(19)11-1-2-13-12(7-11)9-16-17-13/h1-2,7,9-10H,3-6,8,15H2,(H,16,17). The van der Waals surface area contributed by atoms with Crippen molar-refractivity contribution in [3.63, 3.8) is 0 Å². The Bertz CT molecular complexity index is 584. The number of likely N-dealkylation sites (tertiary alicyclic amines) is 1. The summed E-state index contributed by atoms with van der Waals surface area (Å²) in [5.74, 6) is 0.680. The predicted molar refractivity (Wildman–Crippen MR) is 73.8 cm³/mol. The minimum Gasteiger partial charge on any atom is -0.339 e. The molecule has 0 bridgehead atoms. The topological polar surface area (TPSA) is 75.0 Å². The van der Waals surface area contributed by atoms with Gasteiger partial charge in [-0.2, -0.15) is 5.10 Å². The van der Waals surface area contributed by atoms with Crippen molar-refractivity contribution in [2.24, 2.45) is 11.7 Å². The molecule has 1 aliphatic rings. The highest BCUT2D eigenvalue weighted by molar-refractivity contribution is 5.97. The Balaban J connectivity index is 1.76. The molecular weight excluding hydrogens is 240 g/mol. The summed E-state index contributed by atoms with van der Waals surface area (Å²) in [6, 6.07) is 5.66. The second-order valence-corrected chi connectivity index (χ2v) is 5.14. The largest absolute Gasteiger partial charge is 0.339 e. The molecular formula is C14H18N4O. The first-order chi connectivity index (χ1) is 9.28. The van der Waals surface area contributed by atoms with Crippen molar-refractivity contribution in [1.29, 1.82) is 0 Å². The number of hydrogen-bond acceptors (Lipinski definition) is 3. The quantitative estimate of drug-likeness (QED) is 0.854. The van der Waals surface area contributed by atoms with E-state index in [0.29, 0.717) is 5.92 Å². The molecule has 1 aliphatic heterocycles. The summed E-state index contributed by atoms with van der Waals surface area (Å²) in [5, 5.41) is 7.84. The van der Waals surface area contributed by atoms with Crippen molar-refractivity contribution in [1.82, 2.24) is 15.1 Å². The Kier molecular flexibility index (Phi) is 3.21. The summed E-state index contributed by atoms with van der Waals surface area (Å²) in [6.07, 6.45) is 3.76. The summed E-state index contributed by atoms with van der Waals surface area (Å²) in [5.41, 5.74) is 7.37. The third kappa shape index (κ3) is 2.33. The molecule has 2 aromatic rings. The van der Waals surface area contributed by atoms with Crippen LogP contribution in [-0.4, -0.2) is 40.6 Å². The molecule has 100 valence electrons. The maximum absolute atomic E-state index is 12.4. The Hall–Kier alpha value is -1.88. The van der Waals surface area contributed by atoms with E-state index in [1.807, 2.05) is 23.1 Å².